The number of nitrogens with zero attached hydrogens (tertiary/aromatic N) is 2. The number of carbonyl (C=O) groups is 2. The first-order valence-corrected chi connectivity index (χ1v) is 9.32. The zero-order valence-electron chi connectivity index (χ0n) is 15.1. The summed E-state index contributed by atoms with van der Waals surface area (Å²) in [7, 11) is 0. The van der Waals surface area contributed by atoms with Gasteiger partial charge in [0.15, 0.2) is 0 Å². The van der Waals surface area contributed by atoms with Gasteiger partial charge in [0.05, 0.1) is 11.8 Å². The molecule has 1 saturated carbocycles. The van der Waals surface area contributed by atoms with E-state index >= 15 is 0 Å². The van der Waals surface area contributed by atoms with Gasteiger partial charge in [0.1, 0.15) is 0 Å². The molecule has 2 fully saturated rings. The Morgan fingerprint density at radius 2 is 1.68 bits per heavy atom. The number of aryl methyl sites for hydroxylation is 1. The van der Waals surface area contributed by atoms with Crippen LogP contribution in [0, 0.1) is 18.8 Å². The largest absolute Gasteiger partial charge is 0.481 e. The molecule has 3 atom stereocenters. The van der Waals surface area contributed by atoms with Crippen molar-refractivity contribution in [2.75, 3.05) is 24.5 Å². The van der Waals surface area contributed by atoms with Gasteiger partial charge in [-0.3, -0.25) is 9.59 Å². The summed E-state index contributed by atoms with van der Waals surface area (Å²) in [6.07, 6.45) is 3.21. The van der Waals surface area contributed by atoms with Crippen LogP contribution in [0.5, 0.6) is 0 Å². The fraction of sp³-hybridized carbons (Fsp3) is 0.600. The highest BCUT2D eigenvalue weighted by molar-refractivity contribution is 5.85. The number of rotatable bonds is 3. The normalized spacial score (nSPS) is 27.2. The average Bonchev–Trinajstić information content (AvgIpc) is 2.62. The van der Waals surface area contributed by atoms with Crippen LogP contribution in [0.4, 0.5) is 5.69 Å². The molecular weight excluding hydrogens is 316 g/mol. The smallest absolute Gasteiger partial charge is 0.307 e. The first-order chi connectivity index (χ1) is 12.0. The molecule has 1 saturated heterocycles. The second-order valence-electron chi connectivity index (χ2n) is 7.50. The summed E-state index contributed by atoms with van der Waals surface area (Å²) in [5.41, 5.74) is 2.42. The predicted octanol–water partition coefficient (Wildman–Crippen LogP) is 2.92. The van der Waals surface area contributed by atoms with E-state index in [2.05, 4.69) is 43.0 Å². The van der Waals surface area contributed by atoms with Gasteiger partial charge >= 0.3 is 5.97 Å². The molecule has 1 N–H and O–H groups in total. The van der Waals surface area contributed by atoms with Crippen molar-refractivity contribution in [1.82, 2.24) is 4.90 Å². The van der Waals surface area contributed by atoms with Gasteiger partial charge in [0.25, 0.3) is 0 Å². The van der Waals surface area contributed by atoms with E-state index in [0.29, 0.717) is 25.9 Å². The fourth-order valence-electron chi connectivity index (χ4n) is 4.23. The number of amides is 1. The van der Waals surface area contributed by atoms with E-state index in [9.17, 15) is 14.7 Å². The summed E-state index contributed by atoms with van der Waals surface area (Å²) in [4.78, 5) is 28.7. The number of aliphatic carboxylic acids is 1. The molecule has 1 amide bonds. The first kappa shape index (κ1) is 17.8. The topological polar surface area (TPSA) is 60.9 Å². The molecule has 1 aliphatic heterocycles. The number of carbonyl (C=O) groups excluding carboxylic acids is 1. The van der Waals surface area contributed by atoms with Crippen molar-refractivity contribution in [3.8, 4) is 0 Å². The standard InChI is InChI=1S/C20H28N2O3/c1-14-7-9-16(10-8-14)22-12-11-21(13-15(22)2)19(23)17-5-3-4-6-18(17)20(24)25/h7-10,15,17-18H,3-6,11-13H2,1-2H3,(H,24,25)/t15-,17-,18+/m1/s1. The predicted molar refractivity (Wildman–Crippen MR) is 97.7 cm³/mol. The van der Waals surface area contributed by atoms with Crippen LogP contribution in [0.25, 0.3) is 0 Å². The van der Waals surface area contributed by atoms with Crippen LogP contribution in [0.1, 0.15) is 38.2 Å². The van der Waals surface area contributed by atoms with Gasteiger partial charge in [-0.1, -0.05) is 30.5 Å². The molecule has 25 heavy (non-hydrogen) atoms. The Labute approximate surface area is 149 Å². The Morgan fingerprint density at radius 3 is 2.28 bits per heavy atom. The quantitative estimate of drug-likeness (QED) is 0.916. The number of hydrogen-bond acceptors (Lipinski definition) is 3. The molecule has 5 nitrogen and oxygen atoms in total. The lowest BCUT2D eigenvalue weighted by atomic mass is 9.78. The minimum Gasteiger partial charge on any atom is -0.481 e. The van der Waals surface area contributed by atoms with Crippen molar-refractivity contribution in [2.24, 2.45) is 11.8 Å². The lowest BCUT2D eigenvalue weighted by Crippen LogP contribution is -2.56. The van der Waals surface area contributed by atoms with Crippen molar-refractivity contribution in [3.05, 3.63) is 29.8 Å². The van der Waals surface area contributed by atoms with Gasteiger partial charge in [-0.25, -0.2) is 0 Å². The van der Waals surface area contributed by atoms with Crippen molar-refractivity contribution in [1.29, 1.82) is 0 Å². The summed E-state index contributed by atoms with van der Waals surface area (Å²) < 4.78 is 0. The van der Waals surface area contributed by atoms with Gasteiger partial charge in [0, 0.05) is 31.4 Å². The second kappa shape index (κ2) is 7.46. The summed E-state index contributed by atoms with van der Waals surface area (Å²) in [6.45, 7) is 6.33. The zero-order valence-corrected chi connectivity index (χ0v) is 15.1. The van der Waals surface area contributed by atoms with E-state index in [1.165, 1.54) is 11.3 Å². The Balaban J connectivity index is 1.66. The Bertz CT molecular complexity index is 628. The third-order valence-corrected chi connectivity index (χ3v) is 5.71. The van der Waals surface area contributed by atoms with Crippen molar-refractivity contribution < 1.29 is 14.7 Å². The molecule has 5 heteroatoms. The van der Waals surface area contributed by atoms with Crippen LogP contribution in [0.15, 0.2) is 24.3 Å². The molecule has 1 aromatic carbocycles. The molecule has 1 aliphatic carbocycles. The number of piperazine rings is 1. The molecule has 1 aromatic rings. The average molecular weight is 344 g/mol. The third-order valence-electron chi connectivity index (χ3n) is 5.71. The molecule has 0 aromatic heterocycles. The van der Waals surface area contributed by atoms with Crippen LogP contribution in [0.3, 0.4) is 0 Å². The van der Waals surface area contributed by atoms with Gasteiger partial charge in [0.2, 0.25) is 5.91 Å². The van der Waals surface area contributed by atoms with E-state index in [1.807, 2.05) is 4.90 Å². The Kier molecular flexibility index (Phi) is 5.30. The van der Waals surface area contributed by atoms with Crippen molar-refractivity contribution >= 4 is 17.6 Å². The van der Waals surface area contributed by atoms with Gasteiger partial charge in [-0.15, -0.1) is 0 Å². The maximum Gasteiger partial charge on any atom is 0.307 e. The highest BCUT2D eigenvalue weighted by atomic mass is 16.4. The van der Waals surface area contributed by atoms with Crippen LogP contribution >= 0.6 is 0 Å². The number of carboxylic acid groups (broad SMARTS) is 1. The maximum absolute atomic E-state index is 12.9. The minimum atomic E-state index is -0.815. The Hall–Kier alpha value is -2.04. The second-order valence-corrected chi connectivity index (χ2v) is 7.50. The molecule has 0 unspecified atom stereocenters. The van der Waals surface area contributed by atoms with Gasteiger partial charge in [-0.2, -0.15) is 0 Å². The summed E-state index contributed by atoms with van der Waals surface area (Å²) in [6, 6.07) is 8.71. The first-order valence-electron chi connectivity index (χ1n) is 9.32. The van der Waals surface area contributed by atoms with Gasteiger partial charge in [-0.05, 0) is 38.8 Å². The van der Waals surface area contributed by atoms with Crippen LogP contribution < -0.4 is 4.90 Å². The van der Waals surface area contributed by atoms with Crippen molar-refractivity contribution in [2.45, 2.75) is 45.6 Å². The van der Waals surface area contributed by atoms with Crippen LogP contribution in [-0.2, 0) is 9.59 Å². The molecule has 1 heterocycles. The fourth-order valence-corrected chi connectivity index (χ4v) is 4.23. The molecule has 0 spiro atoms. The maximum atomic E-state index is 12.9. The molecule has 2 aliphatic rings. The molecular formula is C20H28N2O3. The van der Waals surface area contributed by atoms with Crippen LogP contribution in [-0.4, -0.2) is 47.6 Å². The SMILES string of the molecule is Cc1ccc(N2CCN(C(=O)[C@@H]3CCCC[C@@H]3C(=O)O)C[C@H]2C)cc1. The third kappa shape index (κ3) is 3.80. The van der Waals surface area contributed by atoms with Gasteiger partial charge < -0.3 is 14.9 Å². The van der Waals surface area contributed by atoms with Crippen LogP contribution in [0.2, 0.25) is 0 Å². The zero-order chi connectivity index (χ0) is 18.0. The minimum absolute atomic E-state index is 0.0440. The van der Waals surface area contributed by atoms with Crippen molar-refractivity contribution in [3.63, 3.8) is 0 Å². The summed E-state index contributed by atoms with van der Waals surface area (Å²) in [5, 5.41) is 9.44. The molecule has 3 rings (SSSR count). The number of benzene rings is 1. The van der Waals surface area contributed by atoms with E-state index in [0.717, 1.165) is 19.4 Å². The number of carboxylic acids is 1. The molecule has 0 radical (unpaired) electrons. The number of anilines is 1. The highest BCUT2D eigenvalue weighted by Gasteiger charge is 2.39. The Morgan fingerprint density at radius 1 is 1.04 bits per heavy atom. The summed E-state index contributed by atoms with van der Waals surface area (Å²) >= 11 is 0. The lowest BCUT2D eigenvalue weighted by molar-refractivity contribution is -0.152. The summed E-state index contributed by atoms with van der Waals surface area (Å²) in [5.74, 6) is -1.62. The number of hydrogen-bond donors (Lipinski definition) is 1. The van der Waals surface area contributed by atoms with E-state index in [1.54, 1.807) is 0 Å². The molecule has 0 bridgehead atoms. The lowest BCUT2D eigenvalue weighted by Gasteiger charge is -2.43. The highest BCUT2D eigenvalue weighted by Crippen LogP contribution is 2.32. The molecule has 136 valence electrons. The van der Waals surface area contributed by atoms with E-state index in [-0.39, 0.29) is 17.9 Å². The van der Waals surface area contributed by atoms with E-state index < -0.39 is 11.9 Å². The monoisotopic (exact) mass is 344 g/mol. The van der Waals surface area contributed by atoms with E-state index in [4.69, 9.17) is 0 Å².